The van der Waals surface area contributed by atoms with Crippen LogP contribution in [0, 0.1) is 0 Å². The van der Waals surface area contributed by atoms with Crippen molar-refractivity contribution < 1.29 is 4.79 Å². The van der Waals surface area contributed by atoms with Gasteiger partial charge in [-0.3, -0.25) is 14.8 Å². The van der Waals surface area contributed by atoms with E-state index in [-0.39, 0.29) is 5.91 Å². The zero-order valence-corrected chi connectivity index (χ0v) is 14.5. The maximum Gasteiger partial charge on any atom is 0.257 e. The minimum absolute atomic E-state index is 0.336. The third-order valence-electron chi connectivity index (χ3n) is 4.33. The molecule has 0 spiro atoms. The molecule has 1 atom stereocenters. The van der Waals surface area contributed by atoms with Gasteiger partial charge in [0.1, 0.15) is 0 Å². The number of hydrogen-bond donors (Lipinski definition) is 3. The number of nitrogens with zero attached hydrogens (tertiary/aromatic N) is 3. The Labute approximate surface area is 155 Å². The van der Waals surface area contributed by atoms with Crippen LogP contribution in [0.1, 0.15) is 11.1 Å². The van der Waals surface area contributed by atoms with E-state index >= 15 is 0 Å². The van der Waals surface area contributed by atoms with E-state index in [0.717, 1.165) is 33.1 Å². The molecule has 0 aliphatic rings. The molecular weight excluding hydrogens is 340 g/mol. The number of aromatic amines is 1. The number of carbonyl (C=O) groups is 1. The van der Waals surface area contributed by atoms with Gasteiger partial charge in [-0.2, -0.15) is 5.10 Å². The van der Waals surface area contributed by atoms with Gasteiger partial charge in [0.2, 0.25) is 0 Å². The Kier molecular flexibility index (Phi) is 4.59. The van der Waals surface area contributed by atoms with Gasteiger partial charge < -0.3 is 10.7 Å². The summed E-state index contributed by atoms with van der Waals surface area (Å²) < 4.78 is 0. The van der Waals surface area contributed by atoms with Crippen LogP contribution in [0.15, 0.2) is 66.2 Å². The lowest BCUT2D eigenvalue weighted by atomic mass is 10.1. The molecule has 27 heavy (non-hydrogen) atoms. The van der Waals surface area contributed by atoms with Gasteiger partial charge in [-0.15, -0.1) is 0 Å². The largest absolute Gasteiger partial charge is 0.361 e. The molecule has 0 aliphatic heterocycles. The molecule has 134 valence electrons. The van der Waals surface area contributed by atoms with Crippen molar-refractivity contribution in [1.29, 1.82) is 0 Å². The van der Waals surface area contributed by atoms with Gasteiger partial charge in [0.05, 0.1) is 23.3 Å². The van der Waals surface area contributed by atoms with Crippen molar-refractivity contribution >= 4 is 34.1 Å². The number of fused-ring (bicyclic) bond motifs is 2. The summed E-state index contributed by atoms with van der Waals surface area (Å²) in [5.74, 6) is -0.336. The monoisotopic (exact) mass is 358 g/mol. The van der Waals surface area contributed by atoms with Crippen molar-refractivity contribution in [1.82, 2.24) is 20.4 Å². The number of rotatable bonds is 5. The predicted octanol–water partition coefficient (Wildman–Crippen LogP) is 2.13. The van der Waals surface area contributed by atoms with Crippen molar-refractivity contribution in [2.75, 3.05) is 0 Å². The second-order valence-corrected chi connectivity index (χ2v) is 6.21. The fourth-order valence-corrected chi connectivity index (χ4v) is 2.94. The number of hydrogen-bond acceptors (Lipinski definition) is 5. The molecule has 0 saturated carbocycles. The number of amides is 1. The average Bonchev–Trinajstić information content (AvgIpc) is 3.11. The minimum atomic E-state index is -0.691. The van der Waals surface area contributed by atoms with Crippen LogP contribution in [0.2, 0.25) is 0 Å². The molecule has 7 nitrogen and oxygen atoms in total. The molecule has 2 heterocycles. The summed E-state index contributed by atoms with van der Waals surface area (Å²) in [6, 6.07) is 12.8. The van der Waals surface area contributed by atoms with Crippen molar-refractivity contribution in [3.8, 4) is 0 Å². The van der Waals surface area contributed by atoms with Gasteiger partial charge in [-0.1, -0.05) is 24.3 Å². The molecule has 7 heteroatoms. The number of carbonyl (C=O) groups excluding carboxylic acids is 1. The molecular formula is C20H18N6O. The van der Waals surface area contributed by atoms with E-state index in [0.29, 0.717) is 6.42 Å². The quantitative estimate of drug-likeness (QED) is 0.375. The highest BCUT2D eigenvalue weighted by atomic mass is 16.2. The second-order valence-electron chi connectivity index (χ2n) is 6.21. The average molecular weight is 358 g/mol. The van der Waals surface area contributed by atoms with Gasteiger partial charge in [-0.25, -0.2) is 5.43 Å². The molecule has 2 aromatic heterocycles. The number of H-pyrrole nitrogens is 1. The van der Waals surface area contributed by atoms with Crippen molar-refractivity contribution in [3.63, 3.8) is 0 Å². The van der Waals surface area contributed by atoms with Gasteiger partial charge in [0, 0.05) is 29.5 Å². The summed E-state index contributed by atoms with van der Waals surface area (Å²) in [6.07, 6.45) is 7.15. The summed E-state index contributed by atoms with van der Waals surface area (Å²) in [7, 11) is 0. The summed E-state index contributed by atoms with van der Waals surface area (Å²) in [5, 5.41) is 5.07. The highest BCUT2D eigenvalue weighted by molar-refractivity contribution is 5.89. The van der Waals surface area contributed by atoms with E-state index in [1.165, 1.54) is 0 Å². The Morgan fingerprint density at radius 3 is 2.89 bits per heavy atom. The standard InChI is InChI=1S/C20H18N6O/c21-16(10-14-12-24-17-4-2-1-3-15(14)17)20(27)26-25-11-13-5-6-18-19(9-13)23-8-7-22-18/h1-9,11-12,16,24H,10,21H2,(H,26,27)/b25-11-. The van der Waals surface area contributed by atoms with Crippen molar-refractivity contribution in [2.24, 2.45) is 10.8 Å². The molecule has 0 saturated heterocycles. The summed E-state index contributed by atoms with van der Waals surface area (Å²) in [4.78, 5) is 23.9. The molecule has 4 rings (SSSR count). The second kappa shape index (κ2) is 7.35. The first-order valence-corrected chi connectivity index (χ1v) is 8.55. The fourth-order valence-electron chi connectivity index (χ4n) is 2.94. The number of para-hydroxylation sites is 1. The van der Waals surface area contributed by atoms with Crippen LogP contribution in [0.4, 0.5) is 0 Å². The lowest BCUT2D eigenvalue weighted by Crippen LogP contribution is -2.39. The van der Waals surface area contributed by atoms with Crippen molar-refractivity contribution in [2.45, 2.75) is 12.5 Å². The van der Waals surface area contributed by atoms with Crippen LogP contribution < -0.4 is 11.2 Å². The zero-order valence-electron chi connectivity index (χ0n) is 14.5. The smallest absolute Gasteiger partial charge is 0.257 e. The first kappa shape index (κ1) is 16.9. The molecule has 1 unspecified atom stereocenters. The number of aromatic nitrogens is 3. The normalized spacial score (nSPS) is 12.6. The van der Waals surface area contributed by atoms with E-state index in [1.807, 2.05) is 48.7 Å². The first-order valence-electron chi connectivity index (χ1n) is 8.55. The molecule has 4 aromatic rings. The number of nitrogens with one attached hydrogen (secondary N) is 2. The van der Waals surface area contributed by atoms with E-state index in [4.69, 9.17) is 5.73 Å². The topological polar surface area (TPSA) is 109 Å². The van der Waals surface area contributed by atoms with Crippen LogP contribution in [0.5, 0.6) is 0 Å². The number of benzene rings is 2. The van der Waals surface area contributed by atoms with Crippen LogP contribution in [0.25, 0.3) is 21.9 Å². The first-order chi connectivity index (χ1) is 13.2. The number of hydrazone groups is 1. The highest BCUT2D eigenvalue weighted by Gasteiger charge is 2.15. The maximum absolute atomic E-state index is 12.2. The molecule has 0 radical (unpaired) electrons. The van der Waals surface area contributed by atoms with Gasteiger partial charge in [-0.05, 0) is 35.7 Å². The van der Waals surface area contributed by atoms with Gasteiger partial charge in [0.25, 0.3) is 5.91 Å². The Morgan fingerprint density at radius 2 is 2.00 bits per heavy atom. The predicted molar refractivity (Wildman–Crippen MR) is 105 cm³/mol. The van der Waals surface area contributed by atoms with Gasteiger partial charge >= 0.3 is 0 Å². The van der Waals surface area contributed by atoms with Crippen LogP contribution >= 0.6 is 0 Å². The number of nitrogens with two attached hydrogens (primary N) is 1. The van der Waals surface area contributed by atoms with E-state index in [1.54, 1.807) is 18.6 Å². The molecule has 0 fully saturated rings. The van der Waals surface area contributed by atoms with Crippen LogP contribution in [-0.4, -0.2) is 33.1 Å². The molecule has 0 aliphatic carbocycles. The summed E-state index contributed by atoms with van der Waals surface area (Å²) in [5.41, 5.74) is 13.0. The highest BCUT2D eigenvalue weighted by Crippen LogP contribution is 2.18. The SMILES string of the molecule is NC(Cc1c[nH]c2ccccc12)C(=O)N/N=C\c1ccc2nccnc2c1. The molecule has 1 amide bonds. The fraction of sp³-hybridized carbons (Fsp3) is 0.100. The Morgan fingerprint density at radius 1 is 1.19 bits per heavy atom. The maximum atomic E-state index is 12.2. The van der Waals surface area contributed by atoms with E-state index in [9.17, 15) is 4.79 Å². The third kappa shape index (κ3) is 3.68. The Balaban J connectivity index is 1.39. The van der Waals surface area contributed by atoms with E-state index in [2.05, 4.69) is 25.5 Å². The minimum Gasteiger partial charge on any atom is -0.361 e. The summed E-state index contributed by atoms with van der Waals surface area (Å²) >= 11 is 0. The molecule has 0 bridgehead atoms. The Hall–Kier alpha value is -3.58. The summed E-state index contributed by atoms with van der Waals surface area (Å²) in [6.45, 7) is 0. The van der Waals surface area contributed by atoms with Crippen LogP contribution in [0.3, 0.4) is 0 Å². The van der Waals surface area contributed by atoms with Crippen LogP contribution in [-0.2, 0) is 11.2 Å². The Bertz CT molecular complexity index is 1130. The molecule has 4 N–H and O–H groups in total. The van der Waals surface area contributed by atoms with E-state index < -0.39 is 6.04 Å². The van der Waals surface area contributed by atoms with Crippen molar-refractivity contribution in [3.05, 3.63) is 72.2 Å². The third-order valence-corrected chi connectivity index (χ3v) is 4.33. The molecule has 2 aromatic carbocycles. The lowest BCUT2D eigenvalue weighted by Gasteiger charge is -2.09. The lowest BCUT2D eigenvalue weighted by molar-refractivity contribution is -0.122. The zero-order chi connectivity index (χ0) is 18.6. The van der Waals surface area contributed by atoms with Gasteiger partial charge in [0.15, 0.2) is 0 Å².